The Kier molecular flexibility index (Phi) is 6.15. The molecule has 0 saturated carbocycles. The van der Waals surface area contributed by atoms with Gasteiger partial charge in [0.25, 0.3) is 5.91 Å². The van der Waals surface area contributed by atoms with E-state index in [1.807, 2.05) is 24.3 Å². The van der Waals surface area contributed by atoms with Crippen molar-refractivity contribution in [2.45, 2.75) is 31.5 Å². The molecule has 0 aromatic heterocycles. The van der Waals surface area contributed by atoms with Crippen molar-refractivity contribution in [3.63, 3.8) is 0 Å². The molecule has 0 fully saturated rings. The van der Waals surface area contributed by atoms with Crippen LogP contribution >= 0.6 is 15.9 Å². The summed E-state index contributed by atoms with van der Waals surface area (Å²) < 4.78 is 4.51. The molecule has 4 nitrogen and oxygen atoms in total. The zero-order valence-electron chi connectivity index (χ0n) is 12.5. The highest BCUT2D eigenvalue weighted by atomic mass is 79.9. The Morgan fingerprint density at radius 3 is 2.33 bits per heavy atom. The van der Waals surface area contributed by atoms with E-state index in [-0.39, 0.29) is 11.9 Å². The fourth-order valence-corrected chi connectivity index (χ4v) is 1.54. The minimum absolute atomic E-state index is 0.198. The molecular weight excluding hydrogens is 334 g/mol. The standard InChI is InChI=1S/C16H20BrNO3/c1-11(2)14(19)18-13-7-5-12(6-8-13)9-10-21-15(20)16(3,4)17/h5-8H,1,9-10H2,2-4H3,(H,18,19). The topological polar surface area (TPSA) is 55.4 Å². The molecule has 0 atom stereocenters. The molecule has 0 bridgehead atoms. The molecule has 0 aliphatic heterocycles. The number of hydrogen-bond donors (Lipinski definition) is 1. The van der Waals surface area contributed by atoms with Crippen LogP contribution in [0.15, 0.2) is 36.4 Å². The fraction of sp³-hybridized carbons (Fsp3) is 0.375. The van der Waals surface area contributed by atoms with Gasteiger partial charge in [-0.1, -0.05) is 34.6 Å². The quantitative estimate of drug-likeness (QED) is 0.484. The number of benzene rings is 1. The zero-order valence-corrected chi connectivity index (χ0v) is 14.1. The van der Waals surface area contributed by atoms with Crippen molar-refractivity contribution in [1.29, 1.82) is 0 Å². The molecule has 1 N–H and O–H groups in total. The second-order valence-corrected chi connectivity index (χ2v) is 7.27. The molecule has 1 amide bonds. The van der Waals surface area contributed by atoms with E-state index in [1.165, 1.54) is 0 Å². The second-order valence-electron chi connectivity index (χ2n) is 5.29. The second kappa shape index (κ2) is 7.41. The molecule has 0 unspecified atom stereocenters. The lowest BCUT2D eigenvalue weighted by Gasteiger charge is -2.14. The summed E-state index contributed by atoms with van der Waals surface area (Å²) in [4.78, 5) is 23.0. The van der Waals surface area contributed by atoms with E-state index in [9.17, 15) is 9.59 Å². The van der Waals surface area contributed by atoms with Crippen LogP contribution in [0.25, 0.3) is 0 Å². The maximum atomic E-state index is 11.6. The molecule has 0 heterocycles. The lowest BCUT2D eigenvalue weighted by Crippen LogP contribution is -2.27. The average molecular weight is 354 g/mol. The van der Waals surface area contributed by atoms with Crippen LogP contribution in [0.4, 0.5) is 5.69 Å². The van der Waals surface area contributed by atoms with Gasteiger partial charge in [0.05, 0.1) is 6.61 Å². The number of halogens is 1. The van der Waals surface area contributed by atoms with E-state index < -0.39 is 4.32 Å². The first kappa shape index (κ1) is 17.4. The molecule has 0 aliphatic rings. The predicted octanol–water partition coefficient (Wildman–Crippen LogP) is 3.46. The summed E-state index contributed by atoms with van der Waals surface area (Å²) in [6, 6.07) is 7.40. The van der Waals surface area contributed by atoms with Crippen molar-refractivity contribution in [1.82, 2.24) is 0 Å². The summed E-state index contributed by atoms with van der Waals surface area (Å²) in [5, 5.41) is 2.73. The number of carbonyl (C=O) groups excluding carboxylic acids is 2. The summed E-state index contributed by atoms with van der Waals surface area (Å²) >= 11 is 3.25. The summed E-state index contributed by atoms with van der Waals surface area (Å²) in [6.45, 7) is 9.05. The number of esters is 1. The van der Waals surface area contributed by atoms with Crippen LogP contribution in [0, 0.1) is 0 Å². The van der Waals surface area contributed by atoms with Crippen LogP contribution in [-0.2, 0) is 20.7 Å². The Labute approximate surface area is 133 Å². The maximum Gasteiger partial charge on any atom is 0.322 e. The highest BCUT2D eigenvalue weighted by Crippen LogP contribution is 2.18. The van der Waals surface area contributed by atoms with Crippen molar-refractivity contribution in [2.24, 2.45) is 0 Å². The zero-order chi connectivity index (χ0) is 16.0. The normalized spacial score (nSPS) is 10.9. The molecule has 0 saturated heterocycles. The van der Waals surface area contributed by atoms with E-state index in [0.717, 1.165) is 5.56 Å². The molecular formula is C16H20BrNO3. The average Bonchev–Trinajstić information content (AvgIpc) is 2.39. The van der Waals surface area contributed by atoms with E-state index in [0.29, 0.717) is 24.3 Å². The minimum Gasteiger partial charge on any atom is -0.464 e. The van der Waals surface area contributed by atoms with Crippen molar-refractivity contribution < 1.29 is 14.3 Å². The fourth-order valence-electron chi connectivity index (χ4n) is 1.43. The first-order chi connectivity index (χ1) is 9.70. The van der Waals surface area contributed by atoms with E-state index in [1.54, 1.807) is 20.8 Å². The third-order valence-electron chi connectivity index (χ3n) is 2.71. The predicted molar refractivity (Wildman–Crippen MR) is 87.6 cm³/mol. The molecule has 1 rings (SSSR count). The van der Waals surface area contributed by atoms with Crippen molar-refractivity contribution in [2.75, 3.05) is 11.9 Å². The van der Waals surface area contributed by atoms with Crippen LogP contribution in [0.1, 0.15) is 26.3 Å². The number of hydrogen-bond acceptors (Lipinski definition) is 3. The molecule has 0 radical (unpaired) electrons. The van der Waals surface area contributed by atoms with Gasteiger partial charge in [-0.2, -0.15) is 0 Å². The highest BCUT2D eigenvalue weighted by Gasteiger charge is 2.25. The molecule has 114 valence electrons. The Bertz CT molecular complexity index is 529. The van der Waals surface area contributed by atoms with Gasteiger partial charge in [-0.05, 0) is 38.5 Å². The number of rotatable bonds is 6. The van der Waals surface area contributed by atoms with Gasteiger partial charge in [0.2, 0.25) is 0 Å². The number of alkyl halides is 1. The van der Waals surface area contributed by atoms with Gasteiger partial charge in [0, 0.05) is 17.7 Å². The third-order valence-corrected chi connectivity index (χ3v) is 3.03. The summed E-state index contributed by atoms with van der Waals surface area (Å²) in [6.07, 6.45) is 0.629. The Morgan fingerprint density at radius 1 is 1.29 bits per heavy atom. The molecule has 5 heteroatoms. The van der Waals surface area contributed by atoms with Crippen LogP contribution in [0.3, 0.4) is 0 Å². The smallest absolute Gasteiger partial charge is 0.322 e. The highest BCUT2D eigenvalue weighted by molar-refractivity contribution is 9.10. The van der Waals surface area contributed by atoms with Crippen molar-refractivity contribution in [3.8, 4) is 0 Å². The van der Waals surface area contributed by atoms with Gasteiger partial charge in [-0.3, -0.25) is 9.59 Å². The van der Waals surface area contributed by atoms with Gasteiger partial charge >= 0.3 is 5.97 Å². The van der Waals surface area contributed by atoms with Gasteiger partial charge in [-0.25, -0.2) is 0 Å². The number of anilines is 1. The number of carbonyl (C=O) groups is 2. The van der Waals surface area contributed by atoms with Gasteiger partial charge < -0.3 is 10.1 Å². The van der Waals surface area contributed by atoms with Crippen LogP contribution in [0.5, 0.6) is 0 Å². The Balaban J connectivity index is 2.47. The van der Waals surface area contributed by atoms with Crippen LogP contribution in [0.2, 0.25) is 0 Å². The first-order valence-corrected chi connectivity index (χ1v) is 7.41. The van der Waals surface area contributed by atoms with Gasteiger partial charge in [-0.15, -0.1) is 0 Å². The third kappa shape index (κ3) is 6.12. The Hall–Kier alpha value is -1.62. The van der Waals surface area contributed by atoms with E-state index in [4.69, 9.17) is 4.74 Å². The lowest BCUT2D eigenvalue weighted by atomic mass is 10.1. The molecule has 1 aromatic carbocycles. The van der Waals surface area contributed by atoms with E-state index >= 15 is 0 Å². The first-order valence-electron chi connectivity index (χ1n) is 6.62. The van der Waals surface area contributed by atoms with Crippen molar-refractivity contribution >= 4 is 33.5 Å². The maximum absolute atomic E-state index is 11.6. The monoisotopic (exact) mass is 353 g/mol. The summed E-state index contributed by atoms with van der Waals surface area (Å²) in [7, 11) is 0. The van der Waals surface area contributed by atoms with Gasteiger partial charge in [0.15, 0.2) is 0 Å². The molecule has 0 aliphatic carbocycles. The van der Waals surface area contributed by atoms with E-state index in [2.05, 4.69) is 27.8 Å². The molecule has 21 heavy (non-hydrogen) atoms. The number of ether oxygens (including phenoxy) is 1. The Morgan fingerprint density at radius 2 is 1.86 bits per heavy atom. The SMILES string of the molecule is C=C(C)C(=O)Nc1ccc(CCOC(=O)C(C)(C)Br)cc1. The van der Waals surface area contributed by atoms with Crippen LogP contribution in [-0.4, -0.2) is 22.8 Å². The number of amides is 1. The van der Waals surface area contributed by atoms with Crippen LogP contribution < -0.4 is 5.32 Å². The molecule has 0 spiro atoms. The largest absolute Gasteiger partial charge is 0.464 e. The summed E-state index contributed by atoms with van der Waals surface area (Å²) in [5.74, 6) is -0.482. The number of nitrogens with one attached hydrogen (secondary N) is 1. The van der Waals surface area contributed by atoms with Gasteiger partial charge in [0.1, 0.15) is 4.32 Å². The molecule has 1 aromatic rings. The minimum atomic E-state index is -0.663. The van der Waals surface area contributed by atoms with Crippen molar-refractivity contribution in [3.05, 3.63) is 42.0 Å². The lowest BCUT2D eigenvalue weighted by molar-refractivity contribution is -0.145. The summed E-state index contributed by atoms with van der Waals surface area (Å²) in [5.41, 5.74) is 2.21.